The zero-order valence-corrected chi connectivity index (χ0v) is 9.39. The summed E-state index contributed by atoms with van der Waals surface area (Å²) in [7, 11) is 4.21. The highest BCUT2D eigenvalue weighted by atomic mass is 16.5. The SMILES string of the molecule is COC(=O)c1ccc(N(C)C(=O)OC)cc1. The van der Waals surface area contributed by atoms with Gasteiger partial charge in [0.05, 0.1) is 19.8 Å². The quantitative estimate of drug-likeness (QED) is 0.716. The van der Waals surface area contributed by atoms with Crippen LogP contribution in [0.15, 0.2) is 24.3 Å². The van der Waals surface area contributed by atoms with Gasteiger partial charge in [0, 0.05) is 12.7 Å². The van der Waals surface area contributed by atoms with E-state index < -0.39 is 12.1 Å². The summed E-state index contributed by atoms with van der Waals surface area (Å²) in [6.45, 7) is 0. The number of amides is 1. The van der Waals surface area contributed by atoms with Crippen LogP contribution in [0.2, 0.25) is 0 Å². The molecule has 1 aromatic carbocycles. The van der Waals surface area contributed by atoms with Gasteiger partial charge in [-0.1, -0.05) is 0 Å². The molecule has 0 aliphatic heterocycles. The van der Waals surface area contributed by atoms with Gasteiger partial charge >= 0.3 is 12.1 Å². The molecule has 0 unspecified atom stereocenters. The van der Waals surface area contributed by atoms with Crippen LogP contribution in [0.5, 0.6) is 0 Å². The number of carbonyl (C=O) groups is 2. The summed E-state index contributed by atoms with van der Waals surface area (Å²) in [5.74, 6) is -0.410. The van der Waals surface area contributed by atoms with Gasteiger partial charge in [-0.3, -0.25) is 4.90 Å². The molecular formula is C11H13NO4. The standard InChI is InChI=1S/C11H13NO4/c1-12(11(14)16-3)9-6-4-8(5-7-9)10(13)15-2/h4-7H,1-3H3. The smallest absolute Gasteiger partial charge is 0.413 e. The first-order valence-corrected chi connectivity index (χ1v) is 4.60. The molecule has 1 aromatic rings. The molecule has 0 spiro atoms. The van der Waals surface area contributed by atoms with E-state index in [1.54, 1.807) is 31.3 Å². The zero-order chi connectivity index (χ0) is 12.1. The van der Waals surface area contributed by atoms with E-state index in [1.165, 1.54) is 19.1 Å². The number of ether oxygens (including phenoxy) is 2. The van der Waals surface area contributed by atoms with E-state index in [1.807, 2.05) is 0 Å². The van der Waals surface area contributed by atoms with Gasteiger partial charge in [-0.05, 0) is 24.3 Å². The number of anilines is 1. The number of esters is 1. The maximum Gasteiger partial charge on any atom is 0.413 e. The van der Waals surface area contributed by atoms with Crippen LogP contribution >= 0.6 is 0 Å². The highest BCUT2D eigenvalue weighted by molar-refractivity contribution is 5.91. The van der Waals surface area contributed by atoms with Crippen molar-refractivity contribution in [1.29, 1.82) is 0 Å². The van der Waals surface area contributed by atoms with Gasteiger partial charge in [0.2, 0.25) is 0 Å². The van der Waals surface area contributed by atoms with Gasteiger partial charge in [-0.15, -0.1) is 0 Å². The van der Waals surface area contributed by atoms with Crippen molar-refractivity contribution in [3.63, 3.8) is 0 Å². The maximum absolute atomic E-state index is 11.2. The third-order valence-electron chi connectivity index (χ3n) is 2.12. The lowest BCUT2D eigenvalue weighted by atomic mass is 10.2. The third-order valence-corrected chi connectivity index (χ3v) is 2.12. The molecule has 1 rings (SSSR count). The fraction of sp³-hybridized carbons (Fsp3) is 0.273. The van der Waals surface area contributed by atoms with Gasteiger partial charge in [0.15, 0.2) is 0 Å². The van der Waals surface area contributed by atoms with Crippen molar-refractivity contribution in [3.8, 4) is 0 Å². The number of hydrogen-bond acceptors (Lipinski definition) is 4. The van der Waals surface area contributed by atoms with E-state index >= 15 is 0 Å². The number of benzene rings is 1. The second-order valence-electron chi connectivity index (χ2n) is 3.07. The van der Waals surface area contributed by atoms with Crippen LogP contribution in [0.3, 0.4) is 0 Å². The Morgan fingerprint density at radius 3 is 2.06 bits per heavy atom. The lowest BCUT2D eigenvalue weighted by molar-refractivity contribution is 0.0601. The van der Waals surface area contributed by atoms with Crippen molar-refractivity contribution >= 4 is 17.7 Å². The van der Waals surface area contributed by atoms with Crippen LogP contribution in [-0.4, -0.2) is 33.3 Å². The Balaban J connectivity index is 2.86. The Hall–Kier alpha value is -2.04. The fourth-order valence-corrected chi connectivity index (χ4v) is 1.18. The second-order valence-corrected chi connectivity index (χ2v) is 3.07. The van der Waals surface area contributed by atoms with E-state index in [9.17, 15) is 9.59 Å². The van der Waals surface area contributed by atoms with Gasteiger partial charge in [0.1, 0.15) is 0 Å². The summed E-state index contributed by atoms with van der Waals surface area (Å²) in [6, 6.07) is 6.45. The average Bonchev–Trinajstić information content (AvgIpc) is 2.36. The van der Waals surface area contributed by atoms with Crippen molar-refractivity contribution in [2.45, 2.75) is 0 Å². The zero-order valence-electron chi connectivity index (χ0n) is 9.39. The average molecular weight is 223 g/mol. The van der Waals surface area contributed by atoms with Crippen molar-refractivity contribution in [2.75, 3.05) is 26.2 Å². The third kappa shape index (κ3) is 2.50. The van der Waals surface area contributed by atoms with Crippen molar-refractivity contribution in [3.05, 3.63) is 29.8 Å². The molecule has 0 aromatic heterocycles. The van der Waals surface area contributed by atoms with Crippen LogP contribution in [0.1, 0.15) is 10.4 Å². The minimum absolute atomic E-state index is 0.410. The molecule has 1 amide bonds. The summed E-state index contributed by atoms with van der Waals surface area (Å²) in [5, 5.41) is 0. The lowest BCUT2D eigenvalue weighted by Crippen LogP contribution is -2.25. The molecule has 0 saturated heterocycles. The minimum Gasteiger partial charge on any atom is -0.465 e. The van der Waals surface area contributed by atoms with E-state index in [4.69, 9.17) is 0 Å². The predicted molar refractivity (Wildman–Crippen MR) is 58.6 cm³/mol. The summed E-state index contributed by atoms with van der Waals surface area (Å²) < 4.78 is 9.12. The first kappa shape index (κ1) is 12.0. The van der Waals surface area contributed by atoms with Crippen LogP contribution in [0.25, 0.3) is 0 Å². The predicted octanol–water partition coefficient (Wildman–Crippen LogP) is 1.68. The molecule has 0 radical (unpaired) electrons. The minimum atomic E-state index is -0.467. The largest absolute Gasteiger partial charge is 0.465 e. The Labute approximate surface area is 93.6 Å². The number of hydrogen-bond donors (Lipinski definition) is 0. The maximum atomic E-state index is 11.2. The molecule has 5 nitrogen and oxygen atoms in total. The number of methoxy groups -OCH3 is 2. The van der Waals surface area contributed by atoms with Gasteiger partial charge in [-0.2, -0.15) is 0 Å². The molecule has 0 aliphatic rings. The number of nitrogens with zero attached hydrogens (tertiary/aromatic N) is 1. The van der Waals surface area contributed by atoms with E-state index in [-0.39, 0.29) is 0 Å². The van der Waals surface area contributed by atoms with E-state index in [0.717, 1.165) is 0 Å². The lowest BCUT2D eigenvalue weighted by Gasteiger charge is -2.15. The van der Waals surface area contributed by atoms with Gasteiger partial charge in [-0.25, -0.2) is 9.59 Å². The van der Waals surface area contributed by atoms with E-state index in [2.05, 4.69) is 9.47 Å². The Bertz CT molecular complexity index is 385. The number of rotatable bonds is 2. The molecule has 0 bridgehead atoms. The Morgan fingerprint density at radius 1 is 1.06 bits per heavy atom. The monoisotopic (exact) mass is 223 g/mol. The summed E-state index contributed by atoms with van der Waals surface area (Å²) in [5.41, 5.74) is 1.07. The first-order chi connectivity index (χ1) is 7.60. The summed E-state index contributed by atoms with van der Waals surface area (Å²) >= 11 is 0. The van der Waals surface area contributed by atoms with Crippen LogP contribution < -0.4 is 4.90 Å². The van der Waals surface area contributed by atoms with Gasteiger partial charge < -0.3 is 9.47 Å². The molecule has 5 heteroatoms. The van der Waals surface area contributed by atoms with Crippen LogP contribution in [0.4, 0.5) is 10.5 Å². The molecule has 86 valence electrons. The van der Waals surface area contributed by atoms with Gasteiger partial charge in [0.25, 0.3) is 0 Å². The van der Waals surface area contributed by atoms with Crippen molar-refractivity contribution in [1.82, 2.24) is 0 Å². The molecule has 0 fully saturated rings. The second kappa shape index (κ2) is 5.16. The number of carbonyl (C=O) groups excluding carboxylic acids is 2. The van der Waals surface area contributed by atoms with E-state index in [0.29, 0.717) is 11.3 Å². The fourth-order valence-electron chi connectivity index (χ4n) is 1.18. The van der Waals surface area contributed by atoms with Crippen LogP contribution in [-0.2, 0) is 9.47 Å². The first-order valence-electron chi connectivity index (χ1n) is 4.60. The topological polar surface area (TPSA) is 55.8 Å². The van der Waals surface area contributed by atoms with Crippen molar-refractivity contribution in [2.24, 2.45) is 0 Å². The highest BCUT2D eigenvalue weighted by Gasteiger charge is 2.11. The Kier molecular flexibility index (Phi) is 3.88. The normalized spacial score (nSPS) is 9.44. The summed E-state index contributed by atoms with van der Waals surface area (Å²) in [4.78, 5) is 23.7. The molecule has 0 aliphatic carbocycles. The molecule has 0 heterocycles. The molecule has 0 atom stereocenters. The highest BCUT2D eigenvalue weighted by Crippen LogP contribution is 2.14. The van der Waals surface area contributed by atoms with Crippen LogP contribution in [0, 0.1) is 0 Å². The molecule has 0 saturated carbocycles. The Morgan fingerprint density at radius 2 is 1.62 bits per heavy atom. The summed E-state index contributed by atoms with van der Waals surface area (Å²) in [6.07, 6.45) is -0.467. The van der Waals surface area contributed by atoms with Crippen molar-refractivity contribution < 1.29 is 19.1 Å². The molecule has 0 N–H and O–H groups in total. The molecule has 16 heavy (non-hydrogen) atoms. The molecular weight excluding hydrogens is 210 g/mol.